The standard InChI is InChI=1S/C23H29FN2O5S/c1-4-20(16-7-12-21(30-2)22(14-16)31-3)25-23(27)17-6-5-13-26(15-17)32(28,29)19-10-8-18(24)9-11-19/h7-12,14,17,20H,4-6,13,15H2,1-3H3,(H,25,27)/t17-,20-/m1/s1. The topological polar surface area (TPSA) is 84.9 Å². The van der Waals surface area contributed by atoms with Crippen molar-refractivity contribution in [1.29, 1.82) is 0 Å². The van der Waals surface area contributed by atoms with Crippen molar-refractivity contribution in [2.75, 3.05) is 27.3 Å². The number of nitrogens with one attached hydrogen (secondary N) is 1. The maximum atomic E-state index is 13.2. The van der Waals surface area contributed by atoms with Gasteiger partial charge in [0.1, 0.15) is 5.82 Å². The Hall–Kier alpha value is -2.65. The Balaban J connectivity index is 1.72. The number of carbonyl (C=O) groups excluding carboxylic acids is 1. The summed E-state index contributed by atoms with van der Waals surface area (Å²) < 4.78 is 51.0. The minimum absolute atomic E-state index is 0.0247. The number of halogens is 1. The molecule has 32 heavy (non-hydrogen) atoms. The lowest BCUT2D eigenvalue weighted by Gasteiger charge is -2.32. The highest BCUT2D eigenvalue weighted by Gasteiger charge is 2.34. The van der Waals surface area contributed by atoms with Crippen molar-refractivity contribution in [2.45, 2.75) is 37.1 Å². The first-order valence-corrected chi connectivity index (χ1v) is 12.0. The molecule has 1 saturated heterocycles. The van der Waals surface area contributed by atoms with Crippen molar-refractivity contribution < 1.29 is 27.1 Å². The Morgan fingerprint density at radius 3 is 2.47 bits per heavy atom. The minimum atomic E-state index is -3.79. The molecule has 0 saturated carbocycles. The molecular weight excluding hydrogens is 435 g/mol. The van der Waals surface area contributed by atoms with Crippen molar-refractivity contribution in [3.8, 4) is 11.5 Å². The first kappa shape index (κ1) is 24.0. The van der Waals surface area contributed by atoms with Gasteiger partial charge in [-0.1, -0.05) is 13.0 Å². The molecule has 2 atom stereocenters. The first-order chi connectivity index (χ1) is 15.3. The summed E-state index contributed by atoms with van der Waals surface area (Å²) in [7, 11) is -0.676. The number of piperidine rings is 1. The van der Waals surface area contributed by atoms with Crippen LogP contribution in [0.15, 0.2) is 47.4 Å². The molecule has 1 N–H and O–H groups in total. The van der Waals surface area contributed by atoms with Crippen LogP contribution >= 0.6 is 0 Å². The zero-order chi connectivity index (χ0) is 23.3. The summed E-state index contributed by atoms with van der Waals surface area (Å²) in [4.78, 5) is 13.1. The van der Waals surface area contributed by atoms with Crippen LogP contribution in [0, 0.1) is 11.7 Å². The lowest BCUT2D eigenvalue weighted by Crippen LogP contribution is -2.46. The lowest BCUT2D eigenvalue weighted by molar-refractivity contribution is -0.126. The second-order valence-electron chi connectivity index (χ2n) is 7.74. The van der Waals surface area contributed by atoms with Crippen LogP contribution in [0.25, 0.3) is 0 Å². The fourth-order valence-electron chi connectivity index (χ4n) is 3.91. The molecule has 1 aliphatic heterocycles. The Bertz CT molecular complexity index is 1040. The Morgan fingerprint density at radius 1 is 1.16 bits per heavy atom. The molecule has 7 nitrogen and oxygen atoms in total. The van der Waals surface area contributed by atoms with Gasteiger partial charge in [-0.3, -0.25) is 4.79 Å². The van der Waals surface area contributed by atoms with Gasteiger partial charge in [0.2, 0.25) is 15.9 Å². The van der Waals surface area contributed by atoms with Crippen LogP contribution in [-0.4, -0.2) is 45.9 Å². The first-order valence-electron chi connectivity index (χ1n) is 10.6. The smallest absolute Gasteiger partial charge is 0.243 e. The number of sulfonamides is 1. The molecule has 9 heteroatoms. The van der Waals surface area contributed by atoms with Gasteiger partial charge in [-0.15, -0.1) is 0 Å². The molecule has 1 fully saturated rings. The van der Waals surface area contributed by atoms with E-state index in [2.05, 4.69) is 5.32 Å². The highest BCUT2D eigenvalue weighted by atomic mass is 32.2. The predicted octanol–water partition coefficient (Wildman–Crippen LogP) is 3.51. The van der Waals surface area contributed by atoms with E-state index >= 15 is 0 Å². The number of ether oxygens (including phenoxy) is 2. The maximum Gasteiger partial charge on any atom is 0.243 e. The van der Waals surface area contributed by atoms with Crippen molar-refractivity contribution in [3.63, 3.8) is 0 Å². The Labute approximate surface area is 188 Å². The van der Waals surface area contributed by atoms with E-state index in [0.717, 1.165) is 17.7 Å². The van der Waals surface area contributed by atoms with Crippen molar-refractivity contribution in [2.24, 2.45) is 5.92 Å². The molecule has 2 aromatic carbocycles. The fraction of sp³-hybridized carbons (Fsp3) is 0.435. The average Bonchev–Trinajstić information content (AvgIpc) is 2.82. The second kappa shape index (κ2) is 10.3. The SMILES string of the molecule is CC[C@@H](NC(=O)[C@@H]1CCCN(S(=O)(=O)c2ccc(F)cc2)C1)c1ccc(OC)c(OC)c1. The lowest BCUT2D eigenvalue weighted by atomic mass is 9.97. The summed E-state index contributed by atoms with van der Waals surface area (Å²) in [5, 5.41) is 3.05. The van der Waals surface area contributed by atoms with Gasteiger partial charge in [-0.2, -0.15) is 4.31 Å². The summed E-state index contributed by atoms with van der Waals surface area (Å²) in [6, 6.07) is 10.00. The second-order valence-corrected chi connectivity index (χ2v) is 9.68. The molecule has 0 aromatic heterocycles. The molecule has 3 rings (SSSR count). The number of nitrogens with zero attached hydrogens (tertiary/aromatic N) is 1. The summed E-state index contributed by atoms with van der Waals surface area (Å²) in [6.45, 7) is 2.39. The highest BCUT2D eigenvalue weighted by Crippen LogP contribution is 2.31. The average molecular weight is 465 g/mol. The van der Waals surface area contributed by atoms with Gasteiger partial charge in [-0.25, -0.2) is 12.8 Å². The number of methoxy groups -OCH3 is 2. The molecule has 1 amide bonds. The van der Waals surface area contributed by atoms with Crippen molar-refractivity contribution >= 4 is 15.9 Å². The van der Waals surface area contributed by atoms with E-state index in [4.69, 9.17) is 9.47 Å². The molecular formula is C23H29FN2O5S. The van der Waals surface area contributed by atoms with Gasteiger partial charge in [0, 0.05) is 13.1 Å². The summed E-state index contributed by atoms with van der Waals surface area (Å²) in [5.74, 6) is 0.0257. The van der Waals surface area contributed by atoms with Crippen LogP contribution in [0.2, 0.25) is 0 Å². The largest absolute Gasteiger partial charge is 0.493 e. The third-order valence-electron chi connectivity index (χ3n) is 5.74. The van der Waals surface area contributed by atoms with E-state index in [-0.39, 0.29) is 23.4 Å². The molecule has 1 heterocycles. The zero-order valence-electron chi connectivity index (χ0n) is 18.5. The van der Waals surface area contributed by atoms with Crippen LogP contribution in [-0.2, 0) is 14.8 Å². The minimum Gasteiger partial charge on any atom is -0.493 e. The summed E-state index contributed by atoms with van der Waals surface area (Å²) >= 11 is 0. The van der Waals surface area contributed by atoms with E-state index in [1.165, 1.54) is 16.4 Å². The fourth-order valence-corrected chi connectivity index (χ4v) is 5.43. The number of rotatable bonds is 8. The number of amides is 1. The van der Waals surface area contributed by atoms with Crippen LogP contribution in [0.1, 0.15) is 37.8 Å². The van der Waals surface area contributed by atoms with E-state index in [1.807, 2.05) is 19.1 Å². The normalized spacial score (nSPS) is 18.1. The van der Waals surface area contributed by atoms with Gasteiger partial charge < -0.3 is 14.8 Å². The Morgan fingerprint density at radius 2 is 1.84 bits per heavy atom. The molecule has 1 aliphatic rings. The molecule has 0 aliphatic carbocycles. The molecule has 0 radical (unpaired) electrons. The molecule has 174 valence electrons. The number of benzene rings is 2. The van der Waals surface area contributed by atoms with Gasteiger partial charge in [-0.05, 0) is 61.2 Å². The predicted molar refractivity (Wildman–Crippen MR) is 119 cm³/mol. The van der Waals surface area contributed by atoms with Gasteiger partial charge in [0.05, 0.1) is 31.1 Å². The summed E-state index contributed by atoms with van der Waals surface area (Å²) in [5.41, 5.74) is 0.880. The van der Waals surface area contributed by atoms with Crippen LogP contribution in [0.4, 0.5) is 4.39 Å². The quantitative estimate of drug-likeness (QED) is 0.646. The summed E-state index contributed by atoms with van der Waals surface area (Å²) in [6.07, 6.45) is 1.83. The van der Waals surface area contributed by atoms with Crippen LogP contribution in [0.5, 0.6) is 11.5 Å². The number of hydrogen-bond acceptors (Lipinski definition) is 5. The van der Waals surface area contributed by atoms with Crippen LogP contribution < -0.4 is 14.8 Å². The molecule has 0 spiro atoms. The van der Waals surface area contributed by atoms with Crippen molar-refractivity contribution in [1.82, 2.24) is 9.62 Å². The Kier molecular flexibility index (Phi) is 7.73. The third-order valence-corrected chi connectivity index (χ3v) is 7.62. The molecule has 0 unspecified atom stereocenters. The molecule has 0 bridgehead atoms. The van der Waals surface area contributed by atoms with Gasteiger partial charge in [0.15, 0.2) is 11.5 Å². The third kappa shape index (κ3) is 5.21. The highest BCUT2D eigenvalue weighted by molar-refractivity contribution is 7.89. The van der Waals surface area contributed by atoms with E-state index in [9.17, 15) is 17.6 Å². The van der Waals surface area contributed by atoms with E-state index < -0.39 is 21.8 Å². The zero-order valence-corrected chi connectivity index (χ0v) is 19.3. The van der Waals surface area contributed by atoms with Gasteiger partial charge >= 0.3 is 0 Å². The van der Waals surface area contributed by atoms with Gasteiger partial charge in [0.25, 0.3) is 0 Å². The number of carbonyl (C=O) groups is 1. The molecule has 2 aromatic rings. The van der Waals surface area contributed by atoms with Crippen LogP contribution in [0.3, 0.4) is 0 Å². The number of hydrogen-bond donors (Lipinski definition) is 1. The van der Waals surface area contributed by atoms with Crippen molar-refractivity contribution in [3.05, 3.63) is 53.8 Å². The van der Waals surface area contributed by atoms with E-state index in [0.29, 0.717) is 37.3 Å². The van der Waals surface area contributed by atoms with E-state index in [1.54, 1.807) is 20.3 Å². The maximum absolute atomic E-state index is 13.2. The monoisotopic (exact) mass is 464 g/mol.